The molecule has 1 N–H and O–H groups in total. The summed E-state index contributed by atoms with van der Waals surface area (Å²) in [5.74, 6) is 2.41. The van der Waals surface area contributed by atoms with E-state index in [1.807, 2.05) is 0 Å². The number of carbonyl (C=O) groups is 1. The van der Waals surface area contributed by atoms with Crippen molar-refractivity contribution in [2.24, 2.45) is 17.8 Å². The lowest BCUT2D eigenvalue weighted by Gasteiger charge is -2.28. The Kier molecular flexibility index (Phi) is 5.04. The zero-order valence-corrected chi connectivity index (χ0v) is 17.0. The lowest BCUT2D eigenvalue weighted by Crippen LogP contribution is -2.40. The van der Waals surface area contributed by atoms with Gasteiger partial charge in [-0.3, -0.25) is 4.79 Å². The molecule has 1 aromatic carbocycles. The number of sulfone groups is 1. The van der Waals surface area contributed by atoms with Gasteiger partial charge >= 0.3 is 0 Å². The summed E-state index contributed by atoms with van der Waals surface area (Å²) in [5, 5.41) is 6.99. The van der Waals surface area contributed by atoms with Crippen molar-refractivity contribution in [3.63, 3.8) is 0 Å². The van der Waals surface area contributed by atoms with Gasteiger partial charge in [-0.15, -0.1) is 0 Å². The van der Waals surface area contributed by atoms with Gasteiger partial charge in [0.1, 0.15) is 0 Å². The molecule has 0 spiro atoms. The summed E-state index contributed by atoms with van der Waals surface area (Å²) in [4.78, 5) is 12.8. The molecule has 2 saturated carbocycles. The fraction of sp³-hybridized carbons (Fsp3) is 0.524. The van der Waals surface area contributed by atoms with Crippen LogP contribution in [-0.4, -0.2) is 31.3 Å². The van der Waals surface area contributed by atoms with E-state index in [2.05, 4.69) is 17.4 Å². The molecule has 7 heteroatoms. The molecule has 4 rings (SSSR count). The van der Waals surface area contributed by atoms with Crippen LogP contribution in [-0.2, 0) is 9.84 Å². The smallest absolute Gasteiger partial charge is 0.273 e. The highest BCUT2D eigenvalue weighted by Crippen LogP contribution is 2.49. The third kappa shape index (κ3) is 3.60. The minimum Gasteiger partial charge on any atom is -0.355 e. The van der Waals surface area contributed by atoms with Crippen LogP contribution in [0.1, 0.15) is 50.0 Å². The van der Waals surface area contributed by atoms with E-state index in [4.69, 9.17) is 4.52 Å². The Morgan fingerprint density at radius 1 is 1.25 bits per heavy atom. The maximum atomic E-state index is 12.6. The second-order valence-electron chi connectivity index (χ2n) is 8.11. The molecule has 28 heavy (non-hydrogen) atoms. The molecule has 2 aromatic rings. The number of aromatic nitrogens is 1. The van der Waals surface area contributed by atoms with E-state index in [1.54, 1.807) is 37.3 Å². The summed E-state index contributed by atoms with van der Waals surface area (Å²) in [7, 11) is -3.24. The highest BCUT2D eigenvalue weighted by atomic mass is 32.2. The number of carbonyl (C=O) groups excluding carboxylic acids is 1. The van der Waals surface area contributed by atoms with Crippen LogP contribution in [0.25, 0.3) is 11.3 Å². The Bertz CT molecular complexity index is 965. The van der Waals surface area contributed by atoms with Crippen LogP contribution in [0.3, 0.4) is 0 Å². The van der Waals surface area contributed by atoms with E-state index < -0.39 is 9.84 Å². The van der Waals surface area contributed by atoms with Crippen LogP contribution in [0.4, 0.5) is 0 Å². The van der Waals surface area contributed by atoms with Gasteiger partial charge in [-0.2, -0.15) is 0 Å². The molecule has 4 unspecified atom stereocenters. The maximum Gasteiger partial charge on any atom is 0.273 e. The van der Waals surface area contributed by atoms with Crippen LogP contribution < -0.4 is 5.32 Å². The molecule has 1 aromatic heterocycles. The molecule has 0 aliphatic heterocycles. The average Bonchev–Trinajstić information content (AvgIpc) is 3.44. The highest BCUT2D eigenvalue weighted by Gasteiger charge is 2.42. The first-order valence-corrected chi connectivity index (χ1v) is 11.6. The van der Waals surface area contributed by atoms with Crippen molar-refractivity contribution >= 4 is 15.7 Å². The molecule has 150 valence electrons. The van der Waals surface area contributed by atoms with Gasteiger partial charge in [0.2, 0.25) is 0 Å². The molecule has 6 nitrogen and oxygen atoms in total. The van der Waals surface area contributed by atoms with Crippen LogP contribution in [0.5, 0.6) is 0 Å². The van der Waals surface area contributed by atoms with Crippen molar-refractivity contribution in [2.75, 3.05) is 5.75 Å². The number of benzene rings is 1. The lowest BCUT2D eigenvalue weighted by atomic mass is 9.84. The molecule has 2 fully saturated rings. The zero-order valence-electron chi connectivity index (χ0n) is 16.2. The van der Waals surface area contributed by atoms with E-state index in [0.29, 0.717) is 17.2 Å². The van der Waals surface area contributed by atoms with Crippen LogP contribution >= 0.6 is 0 Å². The number of rotatable bonds is 6. The van der Waals surface area contributed by atoms with E-state index in [-0.39, 0.29) is 28.3 Å². The zero-order chi connectivity index (χ0) is 19.9. The maximum absolute atomic E-state index is 12.6. The minimum absolute atomic E-state index is 0.0553. The fourth-order valence-corrected chi connectivity index (χ4v) is 5.69. The molecule has 0 radical (unpaired) electrons. The molecular weight excluding hydrogens is 376 g/mol. The van der Waals surface area contributed by atoms with Gasteiger partial charge in [0.25, 0.3) is 5.91 Å². The van der Waals surface area contributed by atoms with Gasteiger partial charge in [0.05, 0.1) is 10.6 Å². The van der Waals surface area contributed by atoms with Crippen molar-refractivity contribution in [1.29, 1.82) is 0 Å². The third-order valence-electron chi connectivity index (χ3n) is 6.41. The van der Waals surface area contributed by atoms with E-state index in [0.717, 1.165) is 11.8 Å². The molecule has 2 aliphatic rings. The van der Waals surface area contributed by atoms with Crippen molar-refractivity contribution in [3.05, 3.63) is 36.0 Å². The number of amides is 1. The van der Waals surface area contributed by atoms with Crippen LogP contribution in [0.15, 0.2) is 39.8 Å². The molecule has 1 amide bonds. The summed E-state index contributed by atoms with van der Waals surface area (Å²) >= 11 is 0. The molecule has 2 bridgehead atoms. The quantitative estimate of drug-likeness (QED) is 0.796. The van der Waals surface area contributed by atoms with Gasteiger partial charge in [0.15, 0.2) is 21.3 Å². The number of nitrogens with one attached hydrogen (secondary N) is 1. The molecule has 4 atom stereocenters. The normalized spacial score (nSPS) is 25.0. The van der Waals surface area contributed by atoms with Gasteiger partial charge < -0.3 is 9.84 Å². The Morgan fingerprint density at radius 2 is 2.00 bits per heavy atom. The minimum atomic E-state index is -3.24. The molecule has 1 heterocycles. The second-order valence-corrected chi connectivity index (χ2v) is 10.4. The number of fused-ring (bicyclic) bond motifs is 2. The number of hydrogen-bond donors (Lipinski definition) is 1. The SMILES string of the molecule is CCS(=O)(=O)c1ccc(-c2cc(C(=O)NC(C)C3CC4CCC3C4)no2)cc1. The Hall–Kier alpha value is -2.15. The molecule has 2 aliphatic carbocycles. The van der Waals surface area contributed by atoms with Gasteiger partial charge in [-0.1, -0.05) is 18.5 Å². The first kappa shape index (κ1) is 19.2. The second kappa shape index (κ2) is 7.35. The van der Waals surface area contributed by atoms with Crippen LogP contribution in [0, 0.1) is 17.8 Å². The van der Waals surface area contributed by atoms with E-state index in [9.17, 15) is 13.2 Å². The number of hydrogen-bond acceptors (Lipinski definition) is 5. The van der Waals surface area contributed by atoms with Gasteiger partial charge in [-0.05, 0) is 68.2 Å². The largest absolute Gasteiger partial charge is 0.355 e. The lowest BCUT2D eigenvalue weighted by molar-refractivity contribution is 0.0906. The van der Waals surface area contributed by atoms with Gasteiger partial charge in [-0.25, -0.2) is 8.42 Å². The summed E-state index contributed by atoms with van der Waals surface area (Å²) < 4.78 is 29.1. The van der Waals surface area contributed by atoms with Gasteiger partial charge in [0, 0.05) is 17.7 Å². The fourth-order valence-electron chi connectivity index (χ4n) is 4.81. The molecular formula is C21H26N2O4S. The number of nitrogens with zero attached hydrogens (tertiary/aromatic N) is 1. The monoisotopic (exact) mass is 402 g/mol. The van der Waals surface area contributed by atoms with Crippen molar-refractivity contribution in [3.8, 4) is 11.3 Å². The summed E-state index contributed by atoms with van der Waals surface area (Å²) in [5.41, 5.74) is 0.929. The Labute approximate surface area is 165 Å². The third-order valence-corrected chi connectivity index (χ3v) is 8.17. The topological polar surface area (TPSA) is 89.3 Å². The van der Waals surface area contributed by atoms with Crippen LogP contribution in [0.2, 0.25) is 0 Å². The summed E-state index contributed by atoms with van der Waals surface area (Å²) in [6, 6.07) is 8.17. The first-order chi connectivity index (χ1) is 13.4. The standard InChI is InChI=1S/C21H26N2O4S/c1-3-28(25,26)17-8-6-15(7-9-17)20-12-19(23-27-20)21(24)22-13(2)18-11-14-4-5-16(18)10-14/h6-9,12-14,16,18H,3-5,10-11H2,1-2H3,(H,22,24). The van der Waals surface area contributed by atoms with E-state index >= 15 is 0 Å². The first-order valence-electron chi connectivity index (χ1n) is 9.98. The van der Waals surface area contributed by atoms with Crippen molar-refractivity contribution in [1.82, 2.24) is 10.5 Å². The molecule has 0 saturated heterocycles. The van der Waals surface area contributed by atoms with Crippen molar-refractivity contribution < 1.29 is 17.7 Å². The summed E-state index contributed by atoms with van der Waals surface area (Å²) in [6.07, 6.45) is 5.14. The summed E-state index contributed by atoms with van der Waals surface area (Å²) in [6.45, 7) is 3.69. The predicted molar refractivity (Wildman–Crippen MR) is 106 cm³/mol. The van der Waals surface area contributed by atoms with Crippen molar-refractivity contribution in [2.45, 2.75) is 50.5 Å². The highest BCUT2D eigenvalue weighted by molar-refractivity contribution is 7.91. The predicted octanol–water partition coefficient (Wildman–Crippen LogP) is 3.69. The Morgan fingerprint density at radius 3 is 2.61 bits per heavy atom. The van der Waals surface area contributed by atoms with E-state index in [1.165, 1.54) is 25.7 Å². The Balaban J connectivity index is 1.43. The average molecular weight is 403 g/mol.